The molecule has 4 aromatic heterocycles. The molecule has 1 aromatic carbocycles. The number of aryl methyl sites for hydroxylation is 1. The lowest BCUT2D eigenvalue weighted by Gasteiger charge is -2.15. The zero-order valence-electron chi connectivity index (χ0n) is 14.5. The monoisotopic (exact) mass is 343 g/mol. The fourth-order valence-corrected chi connectivity index (χ4v) is 3.31. The number of anilines is 1. The van der Waals surface area contributed by atoms with Crippen molar-refractivity contribution in [3.05, 3.63) is 66.2 Å². The molecule has 1 atom stereocenters. The van der Waals surface area contributed by atoms with E-state index in [-0.39, 0.29) is 6.04 Å². The van der Waals surface area contributed by atoms with E-state index in [9.17, 15) is 0 Å². The highest BCUT2D eigenvalue weighted by Crippen LogP contribution is 2.26. The predicted molar refractivity (Wildman–Crippen MR) is 100 cm³/mol. The van der Waals surface area contributed by atoms with Crippen LogP contribution in [0.3, 0.4) is 0 Å². The SMILES string of the molecule is Cc1cc2nc(N[C@H](C)c3nnc4ccccn34)c3ccccc3n2n1. The lowest BCUT2D eigenvalue weighted by Crippen LogP contribution is -2.12. The van der Waals surface area contributed by atoms with E-state index in [1.165, 1.54) is 0 Å². The van der Waals surface area contributed by atoms with Crippen LogP contribution in [-0.2, 0) is 0 Å². The molecule has 0 unspecified atom stereocenters. The summed E-state index contributed by atoms with van der Waals surface area (Å²) in [6.07, 6.45) is 1.97. The van der Waals surface area contributed by atoms with Crippen LogP contribution in [0.25, 0.3) is 22.2 Å². The molecule has 1 N–H and O–H groups in total. The zero-order valence-corrected chi connectivity index (χ0v) is 14.5. The highest BCUT2D eigenvalue weighted by atomic mass is 15.3. The molecule has 0 aliphatic rings. The van der Waals surface area contributed by atoms with Crippen molar-refractivity contribution >= 4 is 28.0 Å². The number of rotatable bonds is 3. The van der Waals surface area contributed by atoms with Gasteiger partial charge in [0, 0.05) is 17.6 Å². The van der Waals surface area contributed by atoms with Gasteiger partial charge in [0.15, 0.2) is 17.1 Å². The maximum absolute atomic E-state index is 4.79. The van der Waals surface area contributed by atoms with Crippen LogP contribution >= 0.6 is 0 Å². The molecule has 0 bridgehead atoms. The summed E-state index contributed by atoms with van der Waals surface area (Å²) < 4.78 is 3.87. The molecule has 26 heavy (non-hydrogen) atoms. The van der Waals surface area contributed by atoms with Gasteiger partial charge < -0.3 is 5.32 Å². The summed E-state index contributed by atoms with van der Waals surface area (Å²) in [5.74, 6) is 1.66. The summed E-state index contributed by atoms with van der Waals surface area (Å²) in [6.45, 7) is 4.03. The molecule has 0 amide bonds. The van der Waals surface area contributed by atoms with Crippen molar-refractivity contribution in [3.8, 4) is 0 Å². The van der Waals surface area contributed by atoms with Gasteiger partial charge >= 0.3 is 0 Å². The molecule has 0 saturated heterocycles. The number of aromatic nitrogens is 6. The maximum Gasteiger partial charge on any atom is 0.160 e. The van der Waals surface area contributed by atoms with Crippen molar-refractivity contribution in [2.45, 2.75) is 19.9 Å². The quantitative estimate of drug-likeness (QED) is 0.543. The Balaban J connectivity index is 1.64. The first-order valence-electron chi connectivity index (χ1n) is 8.52. The summed E-state index contributed by atoms with van der Waals surface area (Å²) in [4.78, 5) is 4.79. The second-order valence-electron chi connectivity index (χ2n) is 6.39. The zero-order chi connectivity index (χ0) is 17.7. The van der Waals surface area contributed by atoms with E-state index in [0.29, 0.717) is 0 Å². The van der Waals surface area contributed by atoms with E-state index >= 15 is 0 Å². The standard InChI is InChI=1S/C19H17N7/c1-12-11-17-21-18(14-7-3-4-8-15(14)26(17)24-12)20-13(2)19-23-22-16-9-5-6-10-25(16)19/h3-11,13H,1-2H3,(H,20,21)/t13-/m1/s1. The first-order valence-corrected chi connectivity index (χ1v) is 8.52. The molecule has 7 nitrogen and oxygen atoms in total. The molecular weight excluding hydrogens is 326 g/mol. The van der Waals surface area contributed by atoms with Gasteiger partial charge in [0.1, 0.15) is 5.82 Å². The molecule has 5 rings (SSSR count). The third-order valence-electron chi connectivity index (χ3n) is 4.51. The van der Waals surface area contributed by atoms with E-state index in [4.69, 9.17) is 4.98 Å². The number of fused-ring (bicyclic) bond motifs is 4. The number of nitrogens with zero attached hydrogens (tertiary/aromatic N) is 6. The normalized spacial score (nSPS) is 12.8. The summed E-state index contributed by atoms with van der Waals surface area (Å²) in [7, 11) is 0. The molecular formula is C19H17N7. The summed E-state index contributed by atoms with van der Waals surface area (Å²) in [6, 6.07) is 15.9. The third-order valence-corrected chi connectivity index (χ3v) is 4.51. The predicted octanol–water partition coefficient (Wildman–Crippen LogP) is 3.41. The summed E-state index contributed by atoms with van der Waals surface area (Å²) >= 11 is 0. The van der Waals surface area contributed by atoms with E-state index in [1.807, 2.05) is 58.4 Å². The van der Waals surface area contributed by atoms with E-state index < -0.39 is 0 Å². The molecule has 128 valence electrons. The van der Waals surface area contributed by atoms with Gasteiger partial charge in [0.2, 0.25) is 0 Å². The van der Waals surface area contributed by atoms with Crippen molar-refractivity contribution in [1.29, 1.82) is 0 Å². The van der Waals surface area contributed by atoms with E-state index in [1.54, 1.807) is 0 Å². The van der Waals surface area contributed by atoms with Crippen LogP contribution in [0.5, 0.6) is 0 Å². The van der Waals surface area contributed by atoms with Crippen LogP contribution in [0.4, 0.5) is 5.82 Å². The van der Waals surface area contributed by atoms with Crippen molar-refractivity contribution in [3.63, 3.8) is 0 Å². The Labute approximate surface area is 149 Å². The van der Waals surface area contributed by atoms with Gasteiger partial charge in [-0.1, -0.05) is 18.2 Å². The minimum Gasteiger partial charge on any atom is -0.360 e. The van der Waals surface area contributed by atoms with E-state index in [0.717, 1.165) is 39.5 Å². The Bertz CT molecular complexity index is 1250. The van der Waals surface area contributed by atoms with Crippen molar-refractivity contribution in [2.75, 3.05) is 5.32 Å². The average molecular weight is 343 g/mol. The molecule has 0 fully saturated rings. The second-order valence-corrected chi connectivity index (χ2v) is 6.39. The van der Waals surface area contributed by atoms with Gasteiger partial charge in [-0.25, -0.2) is 9.50 Å². The highest BCUT2D eigenvalue weighted by molar-refractivity contribution is 5.91. The number of nitrogens with one attached hydrogen (secondary N) is 1. The van der Waals surface area contributed by atoms with Crippen LogP contribution < -0.4 is 5.32 Å². The van der Waals surface area contributed by atoms with Gasteiger partial charge in [0.05, 0.1) is 17.3 Å². The number of benzene rings is 1. The molecule has 4 heterocycles. The molecule has 0 spiro atoms. The van der Waals surface area contributed by atoms with Crippen LogP contribution in [0.2, 0.25) is 0 Å². The fraction of sp³-hybridized carbons (Fsp3) is 0.158. The minimum atomic E-state index is -0.0604. The average Bonchev–Trinajstić information content (AvgIpc) is 3.25. The molecule has 0 saturated carbocycles. The lowest BCUT2D eigenvalue weighted by molar-refractivity contribution is 0.769. The fourth-order valence-electron chi connectivity index (χ4n) is 3.31. The minimum absolute atomic E-state index is 0.0604. The van der Waals surface area contributed by atoms with Gasteiger partial charge in [-0.05, 0) is 38.1 Å². The van der Waals surface area contributed by atoms with Gasteiger partial charge in [-0.15, -0.1) is 10.2 Å². The Morgan fingerprint density at radius 3 is 2.77 bits per heavy atom. The largest absolute Gasteiger partial charge is 0.360 e. The molecule has 5 aromatic rings. The maximum atomic E-state index is 4.79. The topological polar surface area (TPSA) is 72.4 Å². The summed E-state index contributed by atoms with van der Waals surface area (Å²) in [5, 5.41) is 17.7. The number of para-hydroxylation sites is 1. The number of hydrogen-bond donors (Lipinski definition) is 1. The van der Waals surface area contributed by atoms with Crippen LogP contribution in [0.15, 0.2) is 54.7 Å². The number of hydrogen-bond acceptors (Lipinski definition) is 5. The van der Waals surface area contributed by atoms with Crippen molar-refractivity contribution < 1.29 is 0 Å². The van der Waals surface area contributed by atoms with Crippen molar-refractivity contribution in [1.82, 2.24) is 29.2 Å². The Morgan fingerprint density at radius 1 is 1.00 bits per heavy atom. The summed E-state index contributed by atoms with van der Waals surface area (Å²) in [5.41, 5.74) is 3.61. The van der Waals surface area contributed by atoms with Gasteiger partial charge in [-0.2, -0.15) is 5.10 Å². The van der Waals surface area contributed by atoms with E-state index in [2.05, 4.69) is 39.7 Å². The Morgan fingerprint density at radius 2 is 1.85 bits per heavy atom. The number of pyridine rings is 1. The lowest BCUT2D eigenvalue weighted by atomic mass is 10.2. The smallest absolute Gasteiger partial charge is 0.160 e. The molecule has 7 heteroatoms. The molecule has 0 aliphatic heterocycles. The third kappa shape index (κ3) is 2.21. The first kappa shape index (κ1) is 14.8. The van der Waals surface area contributed by atoms with Crippen molar-refractivity contribution in [2.24, 2.45) is 0 Å². The Hall–Kier alpha value is -3.48. The molecule has 0 radical (unpaired) electrons. The van der Waals surface area contributed by atoms with Crippen LogP contribution in [0.1, 0.15) is 24.5 Å². The molecule has 0 aliphatic carbocycles. The van der Waals surface area contributed by atoms with Gasteiger partial charge in [-0.3, -0.25) is 4.40 Å². The van der Waals surface area contributed by atoms with Gasteiger partial charge in [0.25, 0.3) is 0 Å². The first-order chi connectivity index (χ1) is 12.7. The highest BCUT2D eigenvalue weighted by Gasteiger charge is 2.16. The Kier molecular flexibility index (Phi) is 3.15. The second kappa shape index (κ2) is 5.52. The van der Waals surface area contributed by atoms with Crippen LogP contribution in [0, 0.1) is 6.92 Å². The van der Waals surface area contributed by atoms with Crippen LogP contribution in [-0.4, -0.2) is 29.2 Å².